The van der Waals surface area contributed by atoms with Crippen molar-refractivity contribution in [2.24, 2.45) is 0 Å². The third-order valence-corrected chi connectivity index (χ3v) is 3.26. The van der Waals surface area contributed by atoms with Crippen LogP contribution in [0.2, 0.25) is 0 Å². The van der Waals surface area contributed by atoms with E-state index in [0.717, 1.165) is 13.1 Å². The quantitative estimate of drug-likeness (QED) is 0.724. The van der Waals surface area contributed by atoms with E-state index in [1.54, 1.807) is 4.68 Å². The molecule has 0 amide bonds. The van der Waals surface area contributed by atoms with E-state index in [2.05, 4.69) is 26.9 Å². The van der Waals surface area contributed by atoms with Crippen molar-refractivity contribution >= 4 is 11.8 Å². The third kappa shape index (κ3) is 3.18. The molecule has 1 unspecified atom stereocenters. The number of aromatic nitrogens is 4. The molecule has 0 bridgehead atoms. The molecule has 16 heavy (non-hydrogen) atoms. The van der Waals surface area contributed by atoms with Crippen LogP contribution >= 0.6 is 11.8 Å². The molecular weight excluding hydrogens is 224 g/mol. The van der Waals surface area contributed by atoms with Gasteiger partial charge in [0.25, 0.3) is 0 Å². The van der Waals surface area contributed by atoms with E-state index >= 15 is 0 Å². The van der Waals surface area contributed by atoms with Crippen LogP contribution in [0.15, 0.2) is 5.16 Å². The van der Waals surface area contributed by atoms with Crippen LogP contribution in [0.5, 0.6) is 0 Å². The minimum Gasteiger partial charge on any atom is -0.312 e. The van der Waals surface area contributed by atoms with Crippen molar-refractivity contribution in [3.8, 4) is 6.07 Å². The lowest BCUT2D eigenvalue weighted by atomic mass is 10.5. The summed E-state index contributed by atoms with van der Waals surface area (Å²) in [5, 5.41) is 24.1. The zero-order valence-corrected chi connectivity index (χ0v) is 9.94. The van der Waals surface area contributed by atoms with Crippen molar-refractivity contribution in [2.45, 2.75) is 42.8 Å². The highest BCUT2D eigenvalue weighted by atomic mass is 32.2. The lowest BCUT2D eigenvalue weighted by Gasteiger charge is -2.05. The number of hydrogen-bond acceptors (Lipinski definition) is 6. The van der Waals surface area contributed by atoms with Crippen LogP contribution in [0.4, 0.5) is 0 Å². The van der Waals surface area contributed by atoms with E-state index in [-0.39, 0.29) is 5.25 Å². The van der Waals surface area contributed by atoms with Gasteiger partial charge in [0, 0.05) is 12.6 Å². The fourth-order valence-corrected chi connectivity index (χ4v) is 1.97. The number of hydrogen-bond donors (Lipinski definition) is 1. The Kier molecular flexibility index (Phi) is 3.74. The van der Waals surface area contributed by atoms with Gasteiger partial charge in [-0.1, -0.05) is 11.8 Å². The number of rotatable bonds is 6. The highest BCUT2D eigenvalue weighted by molar-refractivity contribution is 8.00. The summed E-state index contributed by atoms with van der Waals surface area (Å²) in [6, 6.07) is 2.85. The van der Waals surface area contributed by atoms with Crippen molar-refractivity contribution in [1.29, 1.82) is 5.26 Å². The molecule has 6 nitrogen and oxygen atoms in total. The van der Waals surface area contributed by atoms with Gasteiger partial charge in [0.15, 0.2) is 0 Å². The smallest absolute Gasteiger partial charge is 0.210 e. The fraction of sp³-hybridized carbons (Fsp3) is 0.778. The summed E-state index contributed by atoms with van der Waals surface area (Å²) in [5.74, 6) is 0. The first-order chi connectivity index (χ1) is 7.79. The molecule has 1 aromatic rings. The summed E-state index contributed by atoms with van der Waals surface area (Å²) in [4.78, 5) is 0. The van der Waals surface area contributed by atoms with Crippen molar-refractivity contribution < 1.29 is 0 Å². The molecule has 86 valence electrons. The lowest BCUT2D eigenvalue weighted by molar-refractivity contribution is 0.509. The van der Waals surface area contributed by atoms with Gasteiger partial charge in [-0.15, -0.1) is 5.10 Å². The Morgan fingerprint density at radius 3 is 3.19 bits per heavy atom. The Bertz CT molecular complexity index is 380. The first kappa shape index (κ1) is 11.4. The number of nitriles is 1. The molecule has 0 saturated heterocycles. The molecule has 7 heteroatoms. The van der Waals surface area contributed by atoms with E-state index in [1.807, 2.05) is 6.92 Å². The lowest BCUT2D eigenvalue weighted by Crippen LogP contribution is -2.22. The van der Waals surface area contributed by atoms with Gasteiger partial charge in [0.2, 0.25) is 5.16 Å². The van der Waals surface area contributed by atoms with E-state index in [0.29, 0.717) is 11.2 Å². The second-order valence-electron chi connectivity index (χ2n) is 3.80. The second-order valence-corrected chi connectivity index (χ2v) is 5.11. The average molecular weight is 238 g/mol. The Morgan fingerprint density at radius 2 is 2.50 bits per heavy atom. The Morgan fingerprint density at radius 1 is 1.69 bits per heavy atom. The maximum absolute atomic E-state index is 8.72. The fourth-order valence-electron chi connectivity index (χ4n) is 1.27. The maximum Gasteiger partial charge on any atom is 0.210 e. The highest BCUT2D eigenvalue weighted by Gasteiger charge is 2.20. The van der Waals surface area contributed by atoms with Gasteiger partial charge >= 0.3 is 0 Å². The predicted octanol–water partition coefficient (Wildman–Crippen LogP) is 0.429. The molecule has 0 aliphatic heterocycles. The van der Waals surface area contributed by atoms with Crippen LogP contribution in [-0.4, -0.2) is 38.0 Å². The molecule has 0 radical (unpaired) electrons. The zero-order valence-electron chi connectivity index (χ0n) is 9.13. The number of thioether (sulfide) groups is 1. The van der Waals surface area contributed by atoms with E-state index < -0.39 is 0 Å². The molecule has 1 aromatic heterocycles. The first-order valence-corrected chi connectivity index (χ1v) is 6.23. The number of nitrogens with zero attached hydrogens (tertiary/aromatic N) is 5. The van der Waals surface area contributed by atoms with Crippen LogP contribution in [0.25, 0.3) is 0 Å². The summed E-state index contributed by atoms with van der Waals surface area (Å²) in [6.45, 7) is 3.47. The van der Waals surface area contributed by atoms with E-state index in [1.165, 1.54) is 24.6 Å². The van der Waals surface area contributed by atoms with Gasteiger partial charge in [-0.05, 0) is 30.2 Å². The van der Waals surface area contributed by atoms with Crippen LogP contribution in [0, 0.1) is 11.3 Å². The largest absolute Gasteiger partial charge is 0.312 e. The molecule has 1 fully saturated rings. The molecule has 1 heterocycles. The predicted molar refractivity (Wildman–Crippen MR) is 59.8 cm³/mol. The minimum atomic E-state index is -0.124. The molecular formula is C9H14N6S. The van der Waals surface area contributed by atoms with Gasteiger partial charge < -0.3 is 5.32 Å². The molecule has 1 atom stereocenters. The van der Waals surface area contributed by atoms with Gasteiger partial charge in [-0.2, -0.15) is 5.26 Å². The van der Waals surface area contributed by atoms with Crippen LogP contribution in [0.3, 0.4) is 0 Å². The summed E-state index contributed by atoms with van der Waals surface area (Å²) in [6.07, 6.45) is 2.56. The number of nitrogens with one attached hydrogen (secondary N) is 1. The monoisotopic (exact) mass is 238 g/mol. The SMILES string of the molecule is CC(C#N)Sc1nnnn1CCNC1CC1. The Hall–Kier alpha value is -1.13. The van der Waals surface area contributed by atoms with Crippen molar-refractivity contribution in [1.82, 2.24) is 25.5 Å². The van der Waals surface area contributed by atoms with Gasteiger partial charge in [0.05, 0.1) is 17.9 Å². The molecule has 1 aliphatic rings. The van der Waals surface area contributed by atoms with Crippen molar-refractivity contribution in [2.75, 3.05) is 6.54 Å². The van der Waals surface area contributed by atoms with Gasteiger partial charge in [-0.25, -0.2) is 4.68 Å². The highest BCUT2D eigenvalue weighted by Crippen LogP contribution is 2.20. The molecule has 0 aromatic carbocycles. The summed E-state index contributed by atoms with van der Waals surface area (Å²) >= 11 is 1.39. The van der Waals surface area contributed by atoms with E-state index in [9.17, 15) is 0 Å². The first-order valence-electron chi connectivity index (χ1n) is 5.35. The van der Waals surface area contributed by atoms with Gasteiger partial charge in [0.1, 0.15) is 0 Å². The summed E-state index contributed by atoms with van der Waals surface area (Å²) < 4.78 is 1.74. The molecule has 0 spiro atoms. The Labute approximate surface area is 98.4 Å². The second kappa shape index (κ2) is 5.27. The van der Waals surface area contributed by atoms with Gasteiger partial charge in [-0.3, -0.25) is 0 Å². The molecule has 1 N–H and O–H groups in total. The zero-order chi connectivity index (χ0) is 11.4. The van der Waals surface area contributed by atoms with Crippen LogP contribution < -0.4 is 5.32 Å². The third-order valence-electron chi connectivity index (χ3n) is 2.30. The summed E-state index contributed by atoms with van der Waals surface area (Å²) in [5.41, 5.74) is 0. The number of tetrazole rings is 1. The minimum absolute atomic E-state index is 0.124. The van der Waals surface area contributed by atoms with Crippen LogP contribution in [-0.2, 0) is 6.54 Å². The maximum atomic E-state index is 8.72. The molecule has 2 rings (SSSR count). The standard InChI is InChI=1S/C9H14N6S/c1-7(6-10)16-9-12-13-14-15(9)5-4-11-8-2-3-8/h7-8,11H,2-5H2,1H3. The van der Waals surface area contributed by atoms with E-state index in [4.69, 9.17) is 5.26 Å². The molecule has 1 aliphatic carbocycles. The average Bonchev–Trinajstić information content (AvgIpc) is 3.00. The normalized spacial score (nSPS) is 17.0. The summed E-state index contributed by atoms with van der Waals surface area (Å²) in [7, 11) is 0. The van der Waals surface area contributed by atoms with Crippen molar-refractivity contribution in [3.05, 3.63) is 0 Å². The van der Waals surface area contributed by atoms with Crippen LogP contribution in [0.1, 0.15) is 19.8 Å². The van der Waals surface area contributed by atoms with Crippen molar-refractivity contribution in [3.63, 3.8) is 0 Å². The Balaban J connectivity index is 1.82. The molecule has 1 saturated carbocycles. The topological polar surface area (TPSA) is 79.4 Å².